The van der Waals surface area contributed by atoms with Gasteiger partial charge in [-0.2, -0.15) is 0 Å². The lowest BCUT2D eigenvalue weighted by molar-refractivity contribution is 0.231. The summed E-state index contributed by atoms with van der Waals surface area (Å²) >= 11 is 0. The molecular formula is C11H19N3O. The molecule has 84 valence electrons. The van der Waals surface area contributed by atoms with Crippen LogP contribution in [0.4, 0.5) is 0 Å². The van der Waals surface area contributed by atoms with Gasteiger partial charge in [0.05, 0.1) is 24.7 Å². The number of aromatic nitrogens is 2. The van der Waals surface area contributed by atoms with E-state index in [0.717, 1.165) is 5.69 Å². The third kappa shape index (κ3) is 2.38. The van der Waals surface area contributed by atoms with Gasteiger partial charge in [-0.3, -0.25) is 0 Å². The second-order valence-electron chi connectivity index (χ2n) is 4.51. The smallest absolute Gasteiger partial charge is 0.0951 e. The Morgan fingerprint density at radius 2 is 2.33 bits per heavy atom. The van der Waals surface area contributed by atoms with Crippen LogP contribution in [0, 0.1) is 0 Å². The number of nitrogens with one attached hydrogen (secondary N) is 1. The molecule has 0 aromatic carbocycles. The molecule has 1 aromatic rings. The molecule has 1 aliphatic carbocycles. The molecule has 0 amide bonds. The highest BCUT2D eigenvalue weighted by Gasteiger charge is 2.27. The Labute approximate surface area is 90.3 Å². The lowest BCUT2D eigenvalue weighted by Gasteiger charge is -2.20. The summed E-state index contributed by atoms with van der Waals surface area (Å²) in [4.78, 5) is 4.17. The molecule has 0 radical (unpaired) electrons. The number of hydrogen-bond acceptors (Lipinski definition) is 3. The van der Waals surface area contributed by atoms with Crippen LogP contribution in [-0.4, -0.2) is 27.3 Å². The first kappa shape index (κ1) is 10.6. The van der Waals surface area contributed by atoms with Gasteiger partial charge in [-0.1, -0.05) is 13.8 Å². The topological polar surface area (TPSA) is 50.1 Å². The molecular weight excluding hydrogens is 190 g/mol. The molecule has 2 N–H and O–H groups in total. The van der Waals surface area contributed by atoms with Crippen LogP contribution in [0.25, 0.3) is 0 Å². The van der Waals surface area contributed by atoms with Crippen LogP contribution in [0.2, 0.25) is 0 Å². The van der Waals surface area contributed by atoms with E-state index in [1.54, 1.807) is 0 Å². The minimum absolute atomic E-state index is 0.00750. The Bertz CT molecular complexity index is 317. The zero-order valence-corrected chi connectivity index (χ0v) is 9.35. The molecule has 4 nitrogen and oxygen atoms in total. The van der Waals surface area contributed by atoms with E-state index in [-0.39, 0.29) is 12.6 Å². The fourth-order valence-corrected chi connectivity index (χ4v) is 1.88. The first-order chi connectivity index (χ1) is 7.22. The summed E-state index contributed by atoms with van der Waals surface area (Å²) in [6.07, 6.45) is 6.21. The number of nitrogens with zero attached hydrogens (tertiary/aromatic N) is 2. The monoisotopic (exact) mass is 209 g/mol. The van der Waals surface area contributed by atoms with E-state index in [2.05, 4.69) is 28.7 Å². The SMILES string of the molecule is CC(C)NC(CO)c1cncn1C1CC1. The van der Waals surface area contributed by atoms with Crippen molar-refractivity contribution in [2.24, 2.45) is 0 Å². The maximum absolute atomic E-state index is 9.37. The first-order valence-corrected chi connectivity index (χ1v) is 5.61. The Balaban J connectivity index is 2.13. The highest BCUT2D eigenvalue weighted by molar-refractivity contribution is 5.09. The number of aliphatic hydroxyl groups is 1. The van der Waals surface area contributed by atoms with E-state index < -0.39 is 0 Å². The largest absolute Gasteiger partial charge is 0.394 e. The number of imidazole rings is 1. The average Bonchev–Trinajstić information content (AvgIpc) is 2.93. The van der Waals surface area contributed by atoms with Crippen molar-refractivity contribution < 1.29 is 5.11 Å². The predicted molar refractivity (Wildman–Crippen MR) is 58.6 cm³/mol. The molecule has 2 rings (SSSR count). The van der Waals surface area contributed by atoms with Crippen LogP contribution in [0.3, 0.4) is 0 Å². The van der Waals surface area contributed by atoms with Gasteiger partial charge in [0.15, 0.2) is 0 Å². The van der Waals surface area contributed by atoms with Crippen LogP contribution >= 0.6 is 0 Å². The van der Waals surface area contributed by atoms with Crippen LogP contribution in [0.5, 0.6) is 0 Å². The average molecular weight is 209 g/mol. The van der Waals surface area contributed by atoms with Gasteiger partial charge in [0, 0.05) is 18.3 Å². The molecule has 1 saturated carbocycles. The standard InChI is InChI=1S/C11H19N3O/c1-8(2)13-10(6-15)11-5-12-7-14(11)9-3-4-9/h5,7-10,13,15H,3-4,6H2,1-2H3. The second-order valence-corrected chi connectivity index (χ2v) is 4.51. The quantitative estimate of drug-likeness (QED) is 0.767. The first-order valence-electron chi connectivity index (χ1n) is 5.61. The van der Waals surface area contributed by atoms with Crippen LogP contribution < -0.4 is 5.32 Å². The molecule has 1 fully saturated rings. The Morgan fingerprint density at radius 1 is 1.60 bits per heavy atom. The van der Waals surface area contributed by atoms with Crippen molar-refractivity contribution in [3.63, 3.8) is 0 Å². The van der Waals surface area contributed by atoms with Gasteiger partial charge >= 0.3 is 0 Å². The third-order valence-electron chi connectivity index (χ3n) is 2.71. The Morgan fingerprint density at radius 3 is 2.87 bits per heavy atom. The fraction of sp³-hybridized carbons (Fsp3) is 0.727. The van der Waals surface area contributed by atoms with E-state index in [4.69, 9.17) is 0 Å². The summed E-state index contributed by atoms with van der Waals surface area (Å²) in [5.74, 6) is 0. The molecule has 1 aliphatic rings. The molecule has 1 aromatic heterocycles. The zero-order valence-electron chi connectivity index (χ0n) is 9.35. The van der Waals surface area contributed by atoms with Crippen molar-refractivity contribution in [2.45, 2.75) is 44.8 Å². The van der Waals surface area contributed by atoms with Crippen molar-refractivity contribution in [3.05, 3.63) is 18.2 Å². The lowest BCUT2D eigenvalue weighted by Crippen LogP contribution is -2.31. The molecule has 1 atom stereocenters. The summed E-state index contributed by atoms with van der Waals surface area (Å²) in [6, 6.07) is 0.989. The minimum atomic E-state index is 0.00750. The maximum Gasteiger partial charge on any atom is 0.0951 e. The zero-order chi connectivity index (χ0) is 10.8. The van der Waals surface area contributed by atoms with E-state index in [9.17, 15) is 5.11 Å². The van der Waals surface area contributed by atoms with E-state index in [0.29, 0.717) is 12.1 Å². The highest BCUT2D eigenvalue weighted by Crippen LogP contribution is 2.36. The molecule has 4 heteroatoms. The Kier molecular flexibility index (Phi) is 3.07. The second kappa shape index (κ2) is 4.33. The Hall–Kier alpha value is -0.870. The van der Waals surface area contributed by atoms with Gasteiger partial charge in [-0.15, -0.1) is 0 Å². The van der Waals surface area contributed by atoms with Crippen molar-refractivity contribution in [3.8, 4) is 0 Å². The van der Waals surface area contributed by atoms with Crippen molar-refractivity contribution in [2.75, 3.05) is 6.61 Å². The molecule has 0 saturated heterocycles. The highest BCUT2D eigenvalue weighted by atomic mass is 16.3. The summed E-state index contributed by atoms with van der Waals surface area (Å²) in [5.41, 5.74) is 1.11. The predicted octanol–water partition coefficient (Wildman–Crippen LogP) is 1.25. The molecule has 0 aliphatic heterocycles. The number of hydrogen-bond donors (Lipinski definition) is 2. The van der Waals surface area contributed by atoms with Gasteiger partial charge in [0.1, 0.15) is 0 Å². The van der Waals surface area contributed by atoms with E-state index in [1.807, 2.05) is 12.5 Å². The number of rotatable bonds is 5. The lowest BCUT2D eigenvalue weighted by atomic mass is 10.2. The van der Waals surface area contributed by atoms with Gasteiger partial charge < -0.3 is 15.0 Å². The van der Waals surface area contributed by atoms with Crippen molar-refractivity contribution in [1.82, 2.24) is 14.9 Å². The fourth-order valence-electron chi connectivity index (χ4n) is 1.88. The van der Waals surface area contributed by atoms with Crippen LogP contribution in [-0.2, 0) is 0 Å². The summed E-state index contributed by atoms with van der Waals surface area (Å²) in [7, 11) is 0. The molecule has 15 heavy (non-hydrogen) atoms. The van der Waals surface area contributed by atoms with E-state index in [1.165, 1.54) is 12.8 Å². The van der Waals surface area contributed by atoms with Crippen molar-refractivity contribution >= 4 is 0 Å². The van der Waals surface area contributed by atoms with Gasteiger partial charge in [-0.05, 0) is 12.8 Å². The molecule has 0 spiro atoms. The van der Waals surface area contributed by atoms with Crippen LogP contribution in [0.15, 0.2) is 12.5 Å². The van der Waals surface area contributed by atoms with Gasteiger partial charge in [-0.25, -0.2) is 4.98 Å². The number of aliphatic hydroxyl groups excluding tert-OH is 1. The summed E-state index contributed by atoms with van der Waals surface area (Å²) < 4.78 is 2.19. The van der Waals surface area contributed by atoms with E-state index >= 15 is 0 Å². The minimum Gasteiger partial charge on any atom is -0.394 e. The normalized spacial score (nSPS) is 18.4. The maximum atomic E-state index is 9.37. The third-order valence-corrected chi connectivity index (χ3v) is 2.71. The van der Waals surface area contributed by atoms with Crippen LogP contribution in [0.1, 0.15) is 44.5 Å². The summed E-state index contributed by atoms with van der Waals surface area (Å²) in [5, 5.41) is 12.7. The van der Waals surface area contributed by atoms with Crippen molar-refractivity contribution in [1.29, 1.82) is 0 Å². The summed E-state index contributed by atoms with van der Waals surface area (Å²) in [6.45, 7) is 4.29. The molecule has 1 heterocycles. The van der Waals surface area contributed by atoms with Gasteiger partial charge in [0.25, 0.3) is 0 Å². The van der Waals surface area contributed by atoms with Gasteiger partial charge in [0.2, 0.25) is 0 Å². The molecule has 1 unspecified atom stereocenters. The molecule has 0 bridgehead atoms.